The summed E-state index contributed by atoms with van der Waals surface area (Å²) in [4.78, 5) is 0. The molecule has 0 saturated heterocycles. The standard InChI is InChI=1S/C5H3F4NO/c6-2-1-11-5(8,9)4(7)3(2)10/h1H,10H2. The lowest BCUT2D eigenvalue weighted by Gasteiger charge is -2.18. The topological polar surface area (TPSA) is 35.2 Å². The third-order valence-electron chi connectivity index (χ3n) is 1.06. The fourth-order valence-electron chi connectivity index (χ4n) is 0.503. The largest absolute Gasteiger partial charge is 0.455 e. The van der Waals surface area contributed by atoms with Gasteiger partial charge in [0.15, 0.2) is 5.83 Å². The minimum absolute atomic E-state index is 0.0679. The predicted octanol–water partition coefficient (Wildman–Crippen LogP) is 1.56. The molecule has 6 heteroatoms. The van der Waals surface area contributed by atoms with E-state index in [1.807, 2.05) is 0 Å². The molecule has 0 spiro atoms. The van der Waals surface area contributed by atoms with E-state index in [1.54, 1.807) is 0 Å². The van der Waals surface area contributed by atoms with Crippen molar-refractivity contribution in [3.63, 3.8) is 0 Å². The van der Waals surface area contributed by atoms with Gasteiger partial charge in [0.2, 0.25) is 5.83 Å². The van der Waals surface area contributed by atoms with Crippen LogP contribution < -0.4 is 5.73 Å². The first kappa shape index (κ1) is 7.90. The molecule has 0 amide bonds. The molecule has 0 aromatic rings. The molecule has 0 aromatic heterocycles. The monoisotopic (exact) mass is 169 g/mol. The number of rotatable bonds is 0. The lowest BCUT2D eigenvalue weighted by Crippen LogP contribution is -2.26. The van der Waals surface area contributed by atoms with Gasteiger partial charge in [-0.1, -0.05) is 0 Å². The lowest BCUT2D eigenvalue weighted by molar-refractivity contribution is -0.190. The third kappa shape index (κ3) is 1.15. The van der Waals surface area contributed by atoms with Gasteiger partial charge in [0.25, 0.3) is 0 Å². The van der Waals surface area contributed by atoms with E-state index in [0.717, 1.165) is 0 Å². The van der Waals surface area contributed by atoms with Crippen LogP contribution >= 0.6 is 0 Å². The van der Waals surface area contributed by atoms with Gasteiger partial charge in [-0.3, -0.25) is 0 Å². The molecule has 0 unspecified atom stereocenters. The average molecular weight is 169 g/mol. The van der Waals surface area contributed by atoms with Crippen LogP contribution in [0.5, 0.6) is 0 Å². The van der Waals surface area contributed by atoms with Crippen molar-refractivity contribution in [3.8, 4) is 0 Å². The molecular formula is C5H3F4NO. The predicted molar refractivity (Wildman–Crippen MR) is 27.5 cm³/mol. The maximum absolute atomic E-state index is 12.2. The fraction of sp³-hybridized carbons (Fsp3) is 0.200. The highest BCUT2D eigenvalue weighted by Gasteiger charge is 2.43. The van der Waals surface area contributed by atoms with E-state index in [2.05, 4.69) is 10.5 Å². The van der Waals surface area contributed by atoms with Crippen molar-refractivity contribution in [1.29, 1.82) is 0 Å². The molecule has 1 aliphatic rings. The molecule has 0 aromatic carbocycles. The second-order valence-corrected chi connectivity index (χ2v) is 1.83. The number of nitrogens with two attached hydrogens (primary N) is 1. The summed E-state index contributed by atoms with van der Waals surface area (Å²) in [7, 11) is 0. The summed E-state index contributed by atoms with van der Waals surface area (Å²) in [5, 5.41) is 0. The molecule has 0 radical (unpaired) electrons. The Kier molecular flexibility index (Phi) is 1.54. The lowest BCUT2D eigenvalue weighted by atomic mass is 10.3. The van der Waals surface area contributed by atoms with Crippen LogP contribution in [0.25, 0.3) is 0 Å². The number of alkyl halides is 2. The van der Waals surface area contributed by atoms with Crippen LogP contribution in [-0.2, 0) is 4.74 Å². The summed E-state index contributed by atoms with van der Waals surface area (Å²) in [5.41, 5.74) is 3.38. The molecule has 1 rings (SSSR count). The molecule has 62 valence electrons. The summed E-state index contributed by atoms with van der Waals surface area (Å²) in [6, 6.07) is 0. The normalized spacial score (nSPS) is 22.7. The molecule has 0 aliphatic carbocycles. The van der Waals surface area contributed by atoms with Crippen LogP contribution in [0.3, 0.4) is 0 Å². The van der Waals surface area contributed by atoms with E-state index < -0.39 is 23.5 Å². The van der Waals surface area contributed by atoms with Crippen molar-refractivity contribution < 1.29 is 22.3 Å². The van der Waals surface area contributed by atoms with Crippen molar-refractivity contribution in [2.24, 2.45) is 5.73 Å². The Balaban J connectivity index is 3.07. The highest BCUT2D eigenvalue weighted by atomic mass is 19.3. The van der Waals surface area contributed by atoms with E-state index >= 15 is 0 Å². The van der Waals surface area contributed by atoms with Gasteiger partial charge in [-0.05, 0) is 0 Å². The van der Waals surface area contributed by atoms with Crippen molar-refractivity contribution in [2.75, 3.05) is 0 Å². The zero-order chi connectivity index (χ0) is 8.65. The minimum Gasteiger partial charge on any atom is -0.432 e. The second kappa shape index (κ2) is 2.14. The van der Waals surface area contributed by atoms with Crippen LogP contribution in [0.1, 0.15) is 0 Å². The van der Waals surface area contributed by atoms with E-state index in [-0.39, 0.29) is 6.26 Å². The number of hydrogen-bond acceptors (Lipinski definition) is 2. The van der Waals surface area contributed by atoms with Gasteiger partial charge in [-0.15, -0.1) is 0 Å². The Morgan fingerprint density at radius 2 is 1.91 bits per heavy atom. The quantitative estimate of drug-likeness (QED) is 0.558. The third-order valence-corrected chi connectivity index (χ3v) is 1.06. The van der Waals surface area contributed by atoms with Crippen molar-refractivity contribution in [1.82, 2.24) is 0 Å². The van der Waals surface area contributed by atoms with Crippen LogP contribution in [0.15, 0.2) is 23.6 Å². The van der Waals surface area contributed by atoms with Crippen LogP contribution in [-0.4, -0.2) is 6.11 Å². The van der Waals surface area contributed by atoms with Gasteiger partial charge in [0.1, 0.15) is 12.0 Å². The molecule has 0 saturated carbocycles. The molecular weight excluding hydrogens is 166 g/mol. The summed E-state index contributed by atoms with van der Waals surface area (Å²) in [5.74, 6) is -3.44. The first-order valence-corrected chi connectivity index (χ1v) is 2.52. The van der Waals surface area contributed by atoms with Gasteiger partial charge in [0.05, 0.1) is 0 Å². The molecule has 0 atom stereocenters. The maximum Gasteiger partial charge on any atom is 0.455 e. The molecule has 1 aliphatic heterocycles. The summed E-state index contributed by atoms with van der Waals surface area (Å²) in [6.45, 7) is 0. The Hall–Kier alpha value is -1.20. The molecule has 1 heterocycles. The van der Waals surface area contributed by atoms with Gasteiger partial charge in [-0.25, -0.2) is 4.39 Å². The number of halogens is 4. The molecule has 2 N–H and O–H groups in total. The first-order valence-electron chi connectivity index (χ1n) is 2.52. The van der Waals surface area contributed by atoms with Crippen LogP contribution in [0, 0.1) is 0 Å². The van der Waals surface area contributed by atoms with Gasteiger partial charge < -0.3 is 10.5 Å². The smallest absolute Gasteiger partial charge is 0.432 e. The summed E-state index contributed by atoms with van der Waals surface area (Å²) in [6.07, 6.45) is -4.07. The van der Waals surface area contributed by atoms with Crippen molar-refractivity contribution in [3.05, 3.63) is 23.6 Å². The van der Waals surface area contributed by atoms with Gasteiger partial charge in [-0.2, -0.15) is 13.2 Å². The Labute approximate surface area is 58.9 Å². The summed E-state index contributed by atoms with van der Waals surface area (Å²) >= 11 is 0. The highest BCUT2D eigenvalue weighted by molar-refractivity contribution is 5.28. The zero-order valence-electron chi connectivity index (χ0n) is 5.07. The number of ether oxygens (including phenoxy) is 1. The minimum atomic E-state index is -4.14. The van der Waals surface area contributed by atoms with Crippen molar-refractivity contribution in [2.45, 2.75) is 6.11 Å². The van der Waals surface area contributed by atoms with Crippen molar-refractivity contribution >= 4 is 0 Å². The molecule has 2 nitrogen and oxygen atoms in total. The maximum atomic E-state index is 12.2. The van der Waals surface area contributed by atoms with E-state index in [4.69, 9.17) is 0 Å². The summed E-state index contributed by atoms with van der Waals surface area (Å²) < 4.78 is 51.9. The van der Waals surface area contributed by atoms with E-state index in [1.165, 1.54) is 0 Å². The first-order chi connectivity index (χ1) is 4.95. The van der Waals surface area contributed by atoms with Crippen LogP contribution in [0.2, 0.25) is 0 Å². The Bertz CT molecular complexity index is 245. The van der Waals surface area contributed by atoms with E-state index in [0.29, 0.717) is 0 Å². The Morgan fingerprint density at radius 3 is 2.36 bits per heavy atom. The SMILES string of the molecule is NC1=C(F)C(F)(F)OC=C1F. The number of allylic oxidation sites excluding steroid dienone is 1. The fourth-order valence-corrected chi connectivity index (χ4v) is 0.503. The molecule has 0 bridgehead atoms. The molecule has 0 fully saturated rings. The molecule has 11 heavy (non-hydrogen) atoms. The average Bonchev–Trinajstić information content (AvgIpc) is 1.95. The van der Waals surface area contributed by atoms with Gasteiger partial charge in [0, 0.05) is 0 Å². The zero-order valence-corrected chi connectivity index (χ0v) is 5.07. The highest BCUT2D eigenvalue weighted by Crippen LogP contribution is 2.34. The number of hydrogen-bond donors (Lipinski definition) is 1. The van der Waals surface area contributed by atoms with Gasteiger partial charge >= 0.3 is 6.11 Å². The van der Waals surface area contributed by atoms with E-state index in [9.17, 15) is 17.6 Å². The Morgan fingerprint density at radius 1 is 1.36 bits per heavy atom. The second-order valence-electron chi connectivity index (χ2n) is 1.83. The van der Waals surface area contributed by atoms with Crippen LogP contribution in [0.4, 0.5) is 17.6 Å².